The zero-order chi connectivity index (χ0) is 20.5. The van der Waals surface area contributed by atoms with Gasteiger partial charge in [-0.15, -0.1) is 0 Å². The van der Waals surface area contributed by atoms with Gasteiger partial charge in [-0.25, -0.2) is 15.3 Å². The fourth-order valence-corrected chi connectivity index (χ4v) is 2.89. The first-order valence-electron chi connectivity index (χ1n) is 8.17. The van der Waals surface area contributed by atoms with Crippen molar-refractivity contribution in [2.24, 2.45) is 5.10 Å². The monoisotopic (exact) mass is 427 g/mol. The van der Waals surface area contributed by atoms with Gasteiger partial charge in [0.2, 0.25) is 5.91 Å². The molecule has 2 aromatic rings. The molecule has 150 valence electrons. The Morgan fingerprint density at radius 2 is 2.07 bits per heavy atom. The summed E-state index contributed by atoms with van der Waals surface area (Å²) in [5.74, 6) is 0.342. The molecule has 0 spiro atoms. The van der Waals surface area contributed by atoms with Gasteiger partial charge in [-0.05, 0) is 31.5 Å². The van der Waals surface area contributed by atoms with Crippen LogP contribution in [0.4, 0.5) is 0 Å². The second-order valence-corrected chi connectivity index (χ2v) is 6.46. The summed E-state index contributed by atoms with van der Waals surface area (Å²) in [4.78, 5) is 36.2. The van der Waals surface area contributed by atoms with Crippen molar-refractivity contribution in [3.8, 4) is 11.5 Å². The summed E-state index contributed by atoms with van der Waals surface area (Å²) in [6.07, 6.45) is 1.40. The fourth-order valence-electron chi connectivity index (χ4n) is 1.99. The molecule has 0 aliphatic rings. The number of H-pyrrole nitrogens is 2. The summed E-state index contributed by atoms with van der Waals surface area (Å²) >= 11 is 7.07. The minimum atomic E-state index is -0.719. The molecule has 0 saturated carbocycles. The van der Waals surface area contributed by atoms with E-state index in [0.29, 0.717) is 35.3 Å². The van der Waals surface area contributed by atoms with Crippen LogP contribution in [0, 0.1) is 0 Å². The lowest BCUT2D eigenvalue weighted by atomic mass is 10.2. The average molecular weight is 428 g/mol. The molecule has 0 unspecified atom stereocenters. The van der Waals surface area contributed by atoms with Crippen molar-refractivity contribution in [2.75, 3.05) is 19.0 Å². The molecule has 1 amide bonds. The maximum atomic E-state index is 11.8. The molecule has 3 N–H and O–H groups in total. The van der Waals surface area contributed by atoms with Crippen LogP contribution in [0.25, 0.3) is 0 Å². The van der Waals surface area contributed by atoms with Crippen LogP contribution in [0.3, 0.4) is 0 Å². The summed E-state index contributed by atoms with van der Waals surface area (Å²) in [6.45, 7) is 4.55. The van der Waals surface area contributed by atoms with E-state index in [1.165, 1.54) is 6.21 Å². The van der Waals surface area contributed by atoms with Crippen molar-refractivity contribution in [3.05, 3.63) is 43.6 Å². The molecule has 1 aromatic heterocycles. The molecule has 1 aromatic carbocycles. The number of nitrogens with zero attached hydrogens (tertiary/aromatic N) is 2. The number of benzene rings is 1. The first kappa shape index (κ1) is 21.5. The van der Waals surface area contributed by atoms with E-state index in [9.17, 15) is 14.4 Å². The number of thioether (sulfide) groups is 1. The summed E-state index contributed by atoms with van der Waals surface area (Å²) in [7, 11) is 0. The van der Waals surface area contributed by atoms with E-state index in [1.807, 2.05) is 18.8 Å². The number of carbonyl (C=O) groups is 1. The molecule has 0 aliphatic carbocycles. The normalized spacial score (nSPS) is 10.8. The summed E-state index contributed by atoms with van der Waals surface area (Å²) in [5, 5.41) is 9.83. The van der Waals surface area contributed by atoms with E-state index in [0.717, 1.165) is 11.8 Å². The molecule has 12 heteroatoms. The molecule has 0 aliphatic heterocycles. The highest BCUT2D eigenvalue weighted by molar-refractivity contribution is 7.99. The summed E-state index contributed by atoms with van der Waals surface area (Å²) in [5.41, 5.74) is 1.54. The Morgan fingerprint density at radius 1 is 1.32 bits per heavy atom. The lowest BCUT2D eigenvalue weighted by molar-refractivity contribution is -0.118. The Kier molecular flexibility index (Phi) is 8.08. The number of amides is 1. The van der Waals surface area contributed by atoms with Gasteiger partial charge in [0.1, 0.15) is 0 Å². The van der Waals surface area contributed by atoms with Crippen molar-refractivity contribution in [1.82, 2.24) is 20.6 Å². The highest BCUT2D eigenvalue weighted by Gasteiger charge is 2.12. The Morgan fingerprint density at radius 3 is 2.75 bits per heavy atom. The Balaban J connectivity index is 1.98. The van der Waals surface area contributed by atoms with Crippen molar-refractivity contribution < 1.29 is 14.3 Å². The summed E-state index contributed by atoms with van der Waals surface area (Å²) in [6, 6.07) is 3.32. The molecule has 0 saturated heterocycles. The molecule has 0 fully saturated rings. The van der Waals surface area contributed by atoms with E-state index in [1.54, 1.807) is 12.1 Å². The van der Waals surface area contributed by atoms with Gasteiger partial charge in [0.05, 0.1) is 30.2 Å². The van der Waals surface area contributed by atoms with Crippen molar-refractivity contribution in [2.45, 2.75) is 18.9 Å². The van der Waals surface area contributed by atoms with Crippen LogP contribution >= 0.6 is 23.4 Å². The molecular formula is C16H18ClN5O5S. The topological polar surface area (TPSA) is 139 Å². The number of rotatable bonds is 9. The smallest absolute Gasteiger partial charge is 0.342 e. The molecule has 0 atom stereocenters. The van der Waals surface area contributed by atoms with E-state index in [4.69, 9.17) is 21.1 Å². The third kappa shape index (κ3) is 6.13. The maximum Gasteiger partial charge on any atom is 0.342 e. The van der Waals surface area contributed by atoms with Gasteiger partial charge >= 0.3 is 5.69 Å². The lowest BCUT2D eigenvalue weighted by Crippen LogP contribution is -2.26. The van der Waals surface area contributed by atoms with Crippen molar-refractivity contribution in [1.29, 1.82) is 0 Å². The van der Waals surface area contributed by atoms with Gasteiger partial charge in [-0.2, -0.15) is 10.2 Å². The summed E-state index contributed by atoms with van der Waals surface area (Å²) < 4.78 is 11.0. The number of hydrogen-bond acceptors (Lipinski definition) is 8. The SMILES string of the molecule is CCOc1cc(/C=N/NC(=O)CSc2n[nH]c(=O)[nH]c2=O)cc(Cl)c1OCC. The maximum absolute atomic E-state index is 11.8. The second kappa shape index (κ2) is 10.5. The lowest BCUT2D eigenvalue weighted by Gasteiger charge is -2.13. The van der Waals surface area contributed by atoms with Gasteiger partial charge in [0, 0.05) is 0 Å². The number of hydrazone groups is 1. The number of halogens is 1. The van der Waals surface area contributed by atoms with E-state index in [2.05, 4.69) is 20.7 Å². The molecular weight excluding hydrogens is 410 g/mol. The average Bonchev–Trinajstić information content (AvgIpc) is 2.64. The van der Waals surface area contributed by atoms with Crippen molar-refractivity contribution in [3.63, 3.8) is 0 Å². The molecule has 10 nitrogen and oxygen atoms in total. The molecule has 0 bridgehead atoms. The zero-order valence-corrected chi connectivity index (χ0v) is 16.6. The number of ether oxygens (including phenoxy) is 2. The van der Waals surface area contributed by atoms with Gasteiger partial charge < -0.3 is 9.47 Å². The van der Waals surface area contributed by atoms with Crippen LogP contribution in [0.15, 0.2) is 31.8 Å². The van der Waals surface area contributed by atoms with Gasteiger partial charge in [0.15, 0.2) is 16.5 Å². The van der Waals surface area contributed by atoms with E-state index >= 15 is 0 Å². The molecule has 28 heavy (non-hydrogen) atoms. The van der Waals surface area contributed by atoms with Crippen LogP contribution in [-0.2, 0) is 4.79 Å². The van der Waals surface area contributed by atoms with E-state index < -0.39 is 17.2 Å². The number of aromatic amines is 2. The van der Waals surface area contributed by atoms with Crippen LogP contribution in [-0.4, -0.2) is 46.3 Å². The minimum Gasteiger partial charge on any atom is -0.490 e. The number of nitrogens with one attached hydrogen (secondary N) is 3. The fraction of sp³-hybridized carbons (Fsp3) is 0.312. The zero-order valence-electron chi connectivity index (χ0n) is 15.1. The van der Waals surface area contributed by atoms with Gasteiger partial charge in [0.25, 0.3) is 5.56 Å². The van der Waals surface area contributed by atoms with Crippen LogP contribution in [0.1, 0.15) is 19.4 Å². The third-order valence-electron chi connectivity index (χ3n) is 3.04. The van der Waals surface area contributed by atoms with Crippen molar-refractivity contribution >= 4 is 35.5 Å². The highest BCUT2D eigenvalue weighted by Crippen LogP contribution is 2.36. The molecule has 0 radical (unpaired) electrons. The van der Waals surface area contributed by atoms with E-state index in [-0.39, 0.29) is 10.8 Å². The Labute approximate surface area is 168 Å². The van der Waals surface area contributed by atoms with Crippen LogP contribution in [0.5, 0.6) is 11.5 Å². The molecule has 1 heterocycles. The predicted octanol–water partition coefficient (Wildman–Crippen LogP) is 1.15. The minimum absolute atomic E-state index is 0.0293. The first-order chi connectivity index (χ1) is 13.4. The number of carbonyl (C=O) groups excluding carboxylic acids is 1. The number of hydrogen-bond donors (Lipinski definition) is 3. The highest BCUT2D eigenvalue weighted by atomic mass is 35.5. The Bertz CT molecular complexity index is 975. The van der Waals surface area contributed by atoms with Crippen LogP contribution in [0.2, 0.25) is 5.02 Å². The Hall–Kier alpha value is -2.79. The van der Waals surface area contributed by atoms with Gasteiger partial charge in [-0.3, -0.25) is 14.6 Å². The second-order valence-electron chi connectivity index (χ2n) is 5.09. The first-order valence-corrected chi connectivity index (χ1v) is 9.53. The largest absolute Gasteiger partial charge is 0.490 e. The number of aromatic nitrogens is 3. The quantitative estimate of drug-likeness (QED) is 0.310. The standard InChI is InChI=1S/C16H18ClN5O5S/c1-3-26-11-6-9(5-10(17)13(11)27-4-2)7-18-20-12(23)8-28-15-14(24)19-16(25)22-21-15/h5-7H,3-4,8H2,1-2H3,(H,20,23)(H2,19,22,24,25)/b18-7+. The third-order valence-corrected chi connectivity index (χ3v) is 4.28. The molecule has 2 rings (SSSR count). The van der Waals surface area contributed by atoms with Gasteiger partial charge in [-0.1, -0.05) is 23.4 Å². The predicted molar refractivity (Wildman–Crippen MR) is 106 cm³/mol. The van der Waals surface area contributed by atoms with Crippen LogP contribution < -0.4 is 26.1 Å².